The highest BCUT2D eigenvalue weighted by Gasteiger charge is 2.09. The molecule has 1 saturated heterocycles. The lowest BCUT2D eigenvalue weighted by molar-refractivity contribution is 0.238. The van der Waals surface area contributed by atoms with Crippen molar-refractivity contribution >= 4 is 6.03 Å². The number of nitrogens with zero attached hydrogens (tertiary/aromatic N) is 1. The third-order valence-corrected chi connectivity index (χ3v) is 3.06. The van der Waals surface area contributed by atoms with E-state index in [9.17, 15) is 4.79 Å². The van der Waals surface area contributed by atoms with E-state index in [0.717, 1.165) is 13.0 Å². The minimum Gasteiger partial charge on any atom is -0.338 e. The van der Waals surface area contributed by atoms with Crippen molar-refractivity contribution in [3.63, 3.8) is 0 Å². The summed E-state index contributed by atoms with van der Waals surface area (Å²) in [7, 11) is 0. The molecule has 1 aliphatic rings. The van der Waals surface area contributed by atoms with E-state index in [-0.39, 0.29) is 12.1 Å². The maximum atomic E-state index is 11.3. The van der Waals surface area contributed by atoms with Crippen molar-refractivity contribution in [2.45, 2.75) is 52.0 Å². The van der Waals surface area contributed by atoms with Crippen LogP contribution in [0, 0.1) is 0 Å². The average Bonchev–Trinajstić information content (AvgIpc) is 2.75. The van der Waals surface area contributed by atoms with Gasteiger partial charge in [0, 0.05) is 12.6 Å². The Morgan fingerprint density at radius 3 is 2.53 bits per heavy atom. The van der Waals surface area contributed by atoms with Crippen molar-refractivity contribution in [2.75, 3.05) is 26.2 Å². The summed E-state index contributed by atoms with van der Waals surface area (Å²) in [5, 5.41) is 5.70. The zero-order valence-corrected chi connectivity index (χ0v) is 11.3. The molecule has 1 aliphatic heterocycles. The number of urea groups is 1. The molecule has 0 aromatic carbocycles. The molecule has 4 nitrogen and oxygen atoms in total. The summed E-state index contributed by atoms with van der Waals surface area (Å²) in [5.74, 6) is 0. The van der Waals surface area contributed by atoms with E-state index >= 15 is 0 Å². The molecule has 0 aromatic heterocycles. The summed E-state index contributed by atoms with van der Waals surface area (Å²) < 4.78 is 0. The largest absolute Gasteiger partial charge is 0.338 e. The highest BCUT2D eigenvalue weighted by atomic mass is 16.2. The Labute approximate surface area is 105 Å². The number of likely N-dealkylation sites (tertiary alicyclic amines) is 1. The van der Waals surface area contributed by atoms with Gasteiger partial charge in [-0.05, 0) is 59.2 Å². The average molecular weight is 241 g/mol. The molecule has 0 atom stereocenters. The predicted octanol–water partition coefficient (Wildman–Crippen LogP) is 1.96. The van der Waals surface area contributed by atoms with Crippen LogP contribution in [0.4, 0.5) is 4.79 Å². The van der Waals surface area contributed by atoms with Gasteiger partial charge in [-0.15, -0.1) is 0 Å². The van der Waals surface area contributed by atoms with Gasteiger partial charge in [-0.3, -0.25) is 0 Å². The summed E-state index contributed by atoms with van der Waals surface area (Å²) in [6.45, 7) is 8.53. The second-order valence-electron chi connectivity index (χ2n) is 5.16. The van der Waals surface area contributed by atoms with Crippen molar-refractivity contribution in [3.05, 3.63) is 0 Å². The van der Waals surface area contributed by atoms with E-state index in [0.29, 0.717) is 0 Å². The predicted molar refractivity (Wildman–Crippen MR) is 71.2 cm³/mol. The van der Waals surface area contributed by atoms with E-state index < -0.39 is 0 Å². The third-order valence-electron chi connectivity index (χ3n) is 3.06. The Balaban J connectivity index is 1.85. The Morgan fingerprint density at radius 2 is 1.88 bits per heavy atom. The van der Waals surface area contributed by atoms with E-state index in [1.807, 2.05) is 13.8 Å². The number of nitrogens with one attached hydrogen (secondary N) is 2. The Bertz CT molecular complexity index is 213. The quantitative estimate of drug-likeness (QED) is 0.669. The molecule has 1 heterocycles. The monoisotopic (exact) mass is 241 g/mol. The molecule has 2 N–H and O–H groups in total. The maximum Gasteiger partial charge on any atom is 0.314 e. The number of hydrogen-bond acceptors (Lipinski definition) is 2. The van der Waals surface area contributed by atoms with Crippen molar-refractivity contribution in [3.8, 4) is 0 Å². The van der Waals surface area contributed by atoms with Gasteiger partial charge in [0.15, 0.2) is 0 Å². The smallest absolute Gasteiger partial charge is 0.314 e. The third kappa shape index (κ3) is 7.21. The first-order chi connectivity index (χ1) is 8.18. The highest BCUT2D eigenvalue weighted by molar-refractivity contribution is 5.73. The van der Waals surface area contributed by atoms with Crippen molar-refractivity contribution in [1.82, 2.24) is 15.5 Å². The van der Waals surface area contributed by atoms with Crippen LogP contribution in [0.15, 0.2) is 0 Å². The van der Waals surface area contributed by atoms with Crippen molar-refractivity contribution < 1.29 is 4.79 Å². The van der Waals surface area contributed by atoms with Crippen molar-refractivity contribution in [1.29, 1.82) is 0 Å². The standard InChI is InChI=1S/C13H27N3O/c1-12(2)15-13(17)14-8-4-3-5-9-16-10-6-7-11-16/h12H,3-11H2,1-2H3,(H2,14,15,17). The van der Waals surface area contributed by atoms with Gasteiger partial charge >= 0.3 is 6.03 Å². The molecule has 4 heteroatoms. The van der Waals surface area contributed by atoms with Crippen LogP contribution in [-0.4, -0.2) is 43.2 Å². The molecule has 0 aromatic rings. The Kier molecular flexibility index (Phi) is 7.01. The molecule has 0 unspecified atom stereocenters. The lowest BCUT2D eigenvalue weighted by atomic mass is 10.2. The first-order valence-corrected chi connectivity index (χ1v) is 6.95. The second-order valence-corrected chi connectivity index (χ2v) is 5.16. The molecule has 0 radical (unpaired) electrons. The molecular formula is C13H27N3O. The number of unbranched alkanes of at least 4 members (excludes halogenated alkanes) is 2. The summed E-state index contributed by atoms with van der Waals surface area (Å²) in [6.07, 6.45) is 6.29. The normalized spacial score (nSPS) is 16.4. The molecule has 0 bridgehead atoms. The van der Waals surface area contributed by atoms with Crippen LogP contribution < -0.4 is 10.6 Å². The van der Waals surface area contributed by atoms with Crippen LogP contribution in [0.3, 0.4) is 0 Å². The van der Waals surface area contributed by atoms with Gasteiger partial charge in [0.1, 0.15) is 0 Å². The lowest BCUT2D eigenvalue weighted by Crippen LogP contribution is -2.39. The number of hydrogen-bond donors (Lipinski definition) is 2. The number of amides is 2. The van der Waals surface area contributed by atoms with Crippen LogP contribution in [0.25, 0.3) is 0 Å². The van der Waals surface area contributed by atoms with Crippen LogP contribution in [0.2, 0.25) is 0 Å². The first-order valence-electron chi connectivity index (χ1n) is 6.95. The number of carbonyl (C=O) groups is 1. The van der Waals surface area contributed by atoms with Gasteiger partial charge in [0.2, 0.25) is 0 Å². The molecule has 100 valence electrons. The molecule has 17 heavy (non-hydrogen) atoms. The van der Waals surface area contributed by atoms with E-state index in [1.165, 1.54) is 45.3 Å². The van der Waals surface area contributed by atoms with E-state index in [4.69, 9.17) is 0 Å². The molecule has 2 amide bonds. The summed E-state index contributed by atoms with van der Waals surface area (Å²) in [5.41, 5.74) is 0. The Hall–Kier alpha value is -0.770. The van der Waals surface area contributed by atoms with Gasteiger partial charge in [0.05, 0.1) is 0 Å². The van der Waals surface area contributed by atoms with E-state index in [2.05, 4.69) is 15.5 Å². The summed E-state index contributed by atoms with van der Waals surface area (Å²) in [6, 6.07) is 0.171. The SMILES string of the molecule is CC(C)NC(=O)NCCCCCN1CCCC1. The van der Waals surface area contributed by atoms with Crippen LogP contribution in [-0.2, 0) is 0 Å². The van der Waals surface area contributed by atoms with Crippen LogP contribution >= 0.6 is 0 Å². The minimum absolute atomic E-state index is 0.0421. The molecular weight excluding hydrogens is 214 g/mol. The highest BCUT2D eigenvalue weighted by Crippen LogP contribution is 2.08. The number of carbonyl (C=O) groups excluding carboxylic acids is 1. The van der Waals surface area contributed by atoms with Gasteiger partial charge in [-0.25, -0.2) is 4.79 Å². The minimum atomic E-state index is -0.0421. The fourth-order valence-electron chi connectivity index (χ4n) is 2.16. The summed E-state index contributed by atoms with van der Waals surface area (Å²) >= 11 is 0. The molecule has 0 spiro atoms. The fourth-order valence-corrected chi connectivity index (χ4v) is 2.16. The lowest BCUT2D eigenvalue weighted by Gasteiger charge is -2.14. The van der Waals surface area contributed by atoms with Gasteiger partial charge in [0.25, 0.3) is 0 Å². The van der Waals surface area contributed by atoms with Crippen LogP contribution in [0.1, 0.15) is 46.0 Å². The molecule has 1 fully saturated rings. The Morgan fingerprint density at radius 1 is 1.18 bits per heavy atom. The number of rotatable bonds is 7. The topological polar surface area (TPSA) is 44.4 Å². The molecule has 1 rings (SSSR count). The second kappa shape index (κ2) is 8.34. The zero-order chi connectivity index (χ0) is 12.5. The van der Waals surface area contributed by atoms with Gasteiger partial charge < -0.3 is 15.5 Å². The zero-order valence-electron chi connectivity index (χ0n) is 11.3. The maximum absolute atomic E-state index is 11.3. The molecule has 0 aliphatic carbocycles. The van der Waals surface area contributed by atoms with Crippen LogP contribution in [0.5, 0.6) is 0 Å². The first kappa shape index (κ1) is 14.3. The van der Waals surface area contributed by atoms with E-state index in [1.54, 1.807) is 0 Å². The van der Waals surface area contributed by atoms with Gasteiger partial charge in [-0.2, -0.15) is 0 Å². The summed E-state index contributed by atoms with van der Waals surface area (Å²) in [4.78, 5) is 13.8. The fraction of sp³-hybridized carbons (Fsp3) is 0.923. The van der Waals surface area contributed by atoms with Crippen molar-refractivity contribution in [2.24, 2.45) is 0 Å². The molecule has 0 saturated carbocycles. The van der Waals surface area contributed by atoms with Gasteiger partial charge in [-0.1, -0.05) is 6.42 Å².